The summed E-state index contributed by atoms with van der Waals surface area (Å²) in [5.41, 5.74) is 1.15. The molecule has 4 rings (SSSR count). The second kappa shape index (κ2) is 6.07. The number of carbonyl (C=O) groups is 1. The normalized spacial score (nSPS) is 13.6. The summed E-state index contributed by atoms with van der Waals surface area (Å²) in [5, 5.41) is 6.56. The molecule has 1 N–H and O–H groups in total. The second-order valence-corrected chi connectivity index (χ2v) is 6.87. The number of carbonyl (C=O) groups excluding carboxylic acids is 1. The maximum atomic E-state index is 13.9. The van der Waals surface area contributed by atoms with Crippen LogP contribution in [0.1, 0.15) is 41.2 Å². The first kappa shape index (κ1) is 17.5. The fourth-order valence-electron chi connectivity index (χ4n) is 3.46. The molecule has 1 amide bonds. The van der Waals surface area contributed by atoms with Crippen LogP contribution in [-0.4, -0.2) is 26.5 Å². The Bertz CT molecular complexity index is 1050. The summed E-state index contributed by atoms with van der Waals surface area (Å²) in [6.07, 6.45) is -3.89. The molecule has 0 saturated carbocycles. The highest BCUT2D eigenvalue weighted by Crippen LogP contribution is 2.40. The van der Waals surface area contributed by atoms with Crippen LogP contribution in [0.4, 0.5) is 13.2 Å². The number of hydrogen-bond donors (Lipinski definition) is 1. The van der Waals surface area contributed by atoms with Crippen molar-refractivity contribution in [2.75, 3.05) is 0 Å². The molecule has 0 atom stereocenters. The van der Waals surface area contributed by atoms with E-state index in [4.69, 9.17) is 0 Å². The van der Waals surface area contributed by atoms with Crippen LogP contribution in [-0.2, 0) is 19.0 Å². The summed E-state index contributed by atoms with van der Waals surface area (Å²) >= 11 is 0. The number of amides is 1. The number of alkyl halides is 3. The van der Waals surface area contributed by atoms with E-state index in [0.717, 1.165) is 10.1 Å². The highest BCUT2D eigenvalue weighted by molar-refractivity contribution is 5.93. The minimum Gasteiger partial charge on any atom is -0.348 e. The molecule has 1 aliphatic carbocycles. The van der Waals surface area contributed by atoms with E-state index in [1.54, 1.807) is 26.0 Å². The van der Waals surface area contributed by atoms with E-state index >= 15 is 0 Å². The minimum atomic E-state index is -4.62. The molecule has 5 nitrogen and oxygen atoms in total. The van der Waals surface area contributed by atoms with Crippen molar-refractivity contribution in [3.8, 4) is 11.3 Å². The van der Waals surface area contributed by atoms with Gasteiger partial charge >= 0.3 is 6.18 Å². The van der Waals surface area contributed by atoms with Crippen molar-refractivity contribution in [1.82, 2.24) is 19.9 Å². The first-order valence-corrected chi connectivity index (χ1v) is 8.64. The lowest BCUT2D eigenvalue weighted by atomic mass is 9.88. The van der Waals surface area contributed by atoms with Gasteiger partial charge < -0.3 is 5.32 Å². The summed E-state index contributed by atoms with van der Waals surface area (Å²) in [4.78, 5) is 16.6. The molecule has 0 radical (unpaired) electrons. The Morgan fingerprint density at radius 1 is 1.22 bits per heavy atom. The number of aryl methyl sites for hydroxylation is 1. The van der Waals surface area contributed by atoms with Crippen LogP contribution in [0.15, 0.2) is 30.3 Å². The molecule has 2 aromatic heterocycles. The fourth-order valence-corrected chi connectivity index (χ4v) is 3.46. The van der Waals surface area contributed by atoms with Gasteiger partial charge in [0.2, 0.25) is 0 Å². The summed E-state index contributed by atoms with van der Waals surface area (Å²) < 4.78 is 42.5. The van der Waals surface area contributed by atoms with Gasteiger partial charge in [-0.25, -0.2) is 9.50 Å². The van der Waals surface area contributed by atoms with Gasteiger partial charge in [-0.1, -0.05) is 24.3 Å². The van der Waals surface area contributed by atoms with Gasteiger partial charge in [-0.05, 0) is 32.3 Å². The topological polar surface area (TPSA) is 59.3 Å². The zero-order valence-electron chi connectivity index (χ0n) is 14.8. The maximum absolute atomic E-state index is 13.9. The molecular formula is C19H17F3N4O. The van der Waals surface area contributed by atoms with Gasteiger partial charge in [-0.3, -0.25) is 4.79 Å². The van der Waals surface area contributed by atoms with Crippen molar-refractivity contribution in [2.45, 2.75) is 38.9 Å². The Labute approximate surface area is 153 Å². The van der Waals surface area contributed by atoms with Gasteiger partial charge in [0, 0.05) is 23.2 Å². The van der Waals surface area contributed by atoms with Crippen molar-refractivity contribution in [3.63, 3.8) is 0 Å². The van der Waals surface area contributed by atoms with Crippen LogP contribution in [0.5, 0.6) is 0 Å². The molecule has 0 bridgehead atoms. The molecule has 0 aliphatic heterocycles. The predicted molar refractivity (Wildman–Crippen MR) is 93.4 cm³/mol. The van der Waals surface area contributed by atoms with E-state index in [2.05, 4.69) is 15.4 Å². The first-order valence-electron chi connectivity index (χ1n) is 8.64. The lowest BCUT2D eigenvalue weighted by molar-refractivity contribution is -0.143. The van der Waals surface area contributed by atoms with Gasteiger partial charge in [0.05, 0.1) is 5.69 Å². The molecule has 0 fully saturated rings. The predicted octanol–water partition coefficient (Wildman–Crippen LogP) is 3.65. The Kier molecular flexibility index (Phi) is 3.94. The van der Waals surface area contributed by atoms with E-state index in [0.29, 0.717) is 17.7 Å². The van der Waals surface area contributed by atoms with Crippen molar-refractivity contribution < 1.29 is 18.0 Å². The molecule has 1 aromatic carbocycles. The average Bonchev–Trinajstić information content (AvgIpc) is 3.01. The first-order chi connectivity index (χ1) is 12.8. The van der Waals surface area contributed by atoms with Crippen molar-refractivity contribution in [1.29, 1.82) is 0 Å². The van der Waals surface area contributed by atoms with Crippen molar-refractivity contribution >= 4 is 11.6 Å². The van der Waals surface area contributed by atoms with Gasteiger partial charge in [-0.15, -0.1) is 0 Å². The number of fused-ring (bicyclic) bond motifs is 4. The standard InChI is InChI=1S/C19H17F3N4O/c1-10(2)23-18(27)14-9-15-24-16-12-6-4-3-5-11(12)7-8-13(16)17(19(20,21)22)26(15)25-14/h3-6,9-10H,7-8H2,1-2H3,(H,23,27). The zero-order chi connectivity index (χ0) is 19.3. The molecule has 140 valence electrons. The van der Waals surface area contributed by atoms with E-state index in [1.807, 2.05) is 12.1 Å². The molecule has 1 aliphatic rings. The zero-order valence-corrected chi connectivity index (χ0v) is 14.8. The number of hydrogen-bond acceptors (Lipinski definition) is 3. The van der Waals surface area contributed by atoms with Crippen LogP contribution in [0, 0.1) is 0 Å². The second-order valence-electron chi connectivity index (χ2n) is 6.87. The molecule has 8 heteroatoms. The lowest BCUT2D eigenvalue weighted by Gasteiger charge is -2.23. The molecule has 2 heterocycles. The molecule has 3 aromatic rings. The third kappa shape index (κ3) is 2.94. The van der Waals surface area contributed by atoms with Crippen molar-refractivity contribution in [2.24, 2.45) is 0 Å². The van der Waals surface area contributed by atoms with Crippen LogP contribution >= 0.6 is 0 Å². The maximum Gasteiger partial charge on any atom is 0.433 e. The van der Waals surface area contributed by atoms with Crippen LogP contribution in [0.2, 0.25) is 0 Å². The van der Waals surface area contributed by atoms with Crippen molar-refractivity contribution in [3.05, 3.63) is 52.8 Å². The van der Waals surface area contributed by atoms with E-state index < -0.39 is 17.8 Å². The monoisotopic (exact) mass is 374 g/mol. The fraction of sp³-hybridized carbons (Fsp3) is 0.316. The lowest BCUT2D eigenvalue weighted by Crippen LogP contribution is -2.30. The van der Waals surface area contributed by atoms with Gasteiger partial charge in [-0.2, -0.15) is 18.3 Å². The average molecular weight is 374 g/mol. The number of aromatic nitrogens is 3. The van der Waals surface area contributed by atoms with E-state index in [1.165, 1.54) is 6.07 Å². The van der Waals surface area contributed by atoms with Crippen LogP contribution in [0.3, 0.4) is 0 Å². The Morgan fingerprint density at radius 2 is 1.96 bits per heavy atom. The number of nitrogens with zero attached hydrogens (tertiary/aromatic N) is 3. The third-order valence-electron chi connectivity index (χ3n) is 4.54. The Hall–Kier alpha value is -2.90. The molecular weight excluding hydrogens is 357 g/mol. The Morgan fingerprint density at radius 3 is 2.67 bits per heavy atom. The van der Waals surface area contributed by atoms with E-state index in [9.17, 15) is 18.0 Å². The molecule has 27 heavy (non-hydrogen) atoms. The summed E-state index contributed by atoms with van der Waals surface area (Å²) in [5.74, 6) is -0.526. The van der Waals surface area contributed by atoms with Gasteiger partial charge in [0.1, 0.15) is 0 Å². The van der Waals surface area contributed by atoms with Gasteiger partial charge in [0.25, 0.3) is 5.91 Å². The minimum absolute atomic E-state index is 0.00619. The number of halogens is 3. The highest BCUT2D eigenvalue weighted by Gasteiger charge is 2.40. The van der Waals surface area contributed by atoms with Crippen LogP contribution in [0.25, 0.3) is 16.9 Å². The number of nitrogens with one attached hydrogen (secondary N) is 1. The molecule has 0 spiro atoms. The summed E-state index contributed by atoms with van der Waals surface area (Å²) in [6, 6.07) is 8.46. The summed E-state index contributed by atoms with van der Waals surface area (Å²) in [7, 11) is 0. The van der Waals surface area contributed by atoms with Gasteiger partial charge in [0.15, 0.2) is 17.0 Å². The van der Waals surface area contributed by atoms with Crippen LogP contribution < -0.4 is 5.32 Å². The number of rotatable bonds is 2. The largest absolute Gasteiger partial charge is 0.433 e. The molecule has 0 unspecified atom stereocenters. The quantitative estimate of drug-likeness (QED) is 0.745. The summed E-state index contributed by atoms with van der Waals surface area (Å²) in [6.45, 7) is 3.53. The molecule has 0 saturated heterocycles. The highest BCUT2D eigenvalue weighted by atomic mass is 19.4. The number of benzene rings is 1. The Balaban J connectivity index is 1.99. The smallest absolute Gasteiger partial charge is 0.348 e. The SMILES string of the molecule is CC(C)NC(=O)c1cc2nc3c(c(C(F)(F)F)n2n1)CCc1ccccc1-3. The van der Waals surface area contributed by atoms with E-state index in [-0.39, 0.29) is 29.4 Å². The third-order valence-corrected chi connectivity index (χ3v) is 4.54.